The first kappa shape index (κ1) is 22.4. The molecule has 2 N–H and O–H groups in total. The van der Waals surface area contributed by atoms with Gasteiger partial charge < -0.3 is 20.3 Å². The monoisotopic (exact) mass is 462 g/mol. The lowest BCUT2D eigenvalue weighted by molar-refractivity contribution is -0.119. The molecule has 1 heterocycles. The van der Waals surface area contributed by atoms with E-state index in [4.69, 9.17) is 16.3 Å². The third kappa shape index (κ3) is 4.83. The smallest absolute Gasteiger partial charge is 0.321 e. The average Bonchev–Trinajstić information content (AvgIpc) is 2.91. The van der Waals surface area contributed by atoms with Crippen LogP contribution in [-0.2, 0) is 4.79 Å². The van der Waals surface area contributed by atoms with E-state index in [0.717, 1.165) is 5.56 Å². The van der Waals surface area contributed by atoms with Crippen molar-refractivity contribution >= 4 is 40.6 Å². The van der Waals surface area contributed by atoms with Crippen LogP contribution in [0.15, 0.2) is 77.8 Å². The number of urea groups is 1. The van der Waals surface area contributed by atoms with E-state index in [0.29, 0.717) is 40.0 Å². The molecule has 0 spiro atoms. The lowest BCUT2D eigenvalue weighted by Gasteiger charge is -2.21. The van der Waals surface area contributed by atoms with Crippen molar-refractivity contribution in [3.05, 3.63) is 88.9 Å². The fourth-order valence-corrected chi connectivity index (χ4v) is 3.77. The van der Waals surface area contributed by atoms with E-state index in [1.54, 1.807) is 43.4 Å². The molecule has 0 aromatic heterocycles. The van der Waals surface area contributed by atoms with Crippen LogP contribution in [0.1, 0.15) is 18.1 Å². The molecule has 0 radical (unpaired) electrons. The van der Waals surface area contributed by atoms with Crippen LogP contribution in [-0.4, -0.2) is 37.5 Å². The first-order valence-corrected chi connectivity index (χ1v) is 10.9. The average molecular weight is 463 g/mol. The fourth-order valence-electron chi connectivity index (χ4n) is 3.60. The Morgan fingerprint density at radius 1 is 1.09 bits per heavy atom. The van der Waals surface area contributed by atoms with Crippen LogP contribution in [0.4, 0.5) is 16.2 Å². The number of rotatable bonds is 5. The molecule has 3 aromatic rings. The maximum Gasteiger partial charge on any atom is 0.321 e. The SMILES string of the molecule is CCOc1ccccc1NC(=O)NC1N=C(c2ccccc2)c2cc(Cl)ccc2N(C)C1=O. The number of fused-ring (bicyclic) bond motifs is 1. The molecule has 0 saturated carbocycles. The number of benzodiazepines with no additional fused rings is 1. The summed E-state index contributed by atoms with van der Waals surface area (Å²) in [5.41, 5.74) is 3.21. The summed E-state index contributed by atoms with van der Waals surface area (Å²) in [7, 11) is 1.65. The van der Waals surface area contributed by atoms with Gasteiger partial charge in [-0.3, -0.25) is 4.79 Å². The van der Waals surface area contributed by atoms with Gasteiger partial charge in [-0.2, -0.15) is 0 Å². The van der Waals surface area contributed by atoms with Crippen LogP contribution < -0.4 is 20.3 Å². The molecule has 0 aliphatic carbocycles. The van der Waals surface area contributed by atoms with E-state index >= 15 is 0 Å². The van der Waals surface area contributed by atoms with Gasteiger partial charge in [-0.05, 0) is 37.3 Å². The number of nitrogens with zero attached hydrogens (tertiary/aromatic N) is 2. The number of carbonyl (C=O) groups excluding carboxylic acids is 2. The number of para-hydroxylation sites is 2. The zero-order valence-corrected chi connectivity index (χ0v) is 19.0. The predicted octanol–water partition coefficient (Wildman–Crippen LogP) is 4.70. The van der Waals surface area contributed by atoms with Crippen molar-refractivity contribution in [3.8, 4) is 5.75 Å². The number of anilines is 2. The summed E-state index contributed by atoms with van der Waals surface area (Å²) >= 11 is 6.27. The molecule has 4 rings (SSSR count). The van der Waals surface area contributed by atoms with Crippen molar-refractivity contribution in [3.63, 3.8) is 0 Å². The fraction of sp³-hybridized carbons (Fsp3) is 0.160. The molecule has 1 aliphatic heterocycles. The topological polar surface area (TPSA) is 83.0 Å². The number of carbonyl (C=O) groups is 2. The van der Waals surface area contributed by atoms with Crippen molar-refractivity contribution in [1.82, 2.24) is 5.32 Å². The Balaban J connectivity index is 1.69. The van der Waals surface area contributed by atoms with Gasteiger partial charge in [-0.1, -0.05) is 54.1 Å². The van der Waals surface area contributed by atoms with Gasteiger partial charge in [0.1, 0.15) is 5.75 Å². The van der Waals surface area contributed by atoms with Crippen molar-refractivity contribution in [2.45, 2.75) is 13.1 Å². The van der Waals surface area contributed by atoms with Crippen LogP contribution in [0.25, 0.3) is 0 Å². The summed E-state index contributed by atoms with van der Waals surface area (Å²) in [5.74, 6) is 0.160. The van der Waals surface area contributed by atoms with Crippen LogP contribution in [0.2, 0.25) is 5.02 Å². The molecule has 168 valence electrons. The highest BCUT2D eigenvalue weighted by molar-refractivity contribution is 6.32. The van der Waals surface area contributed by atoms with Gasteiger partial charge in [-0.15, -0.1) is 0 Å². The van der Waals surface area contributed by atoms with E-state index in [1.165, 1.54) is 4.90 Å². The molecule has 3 aromatic carbocycles. The van der Waals surface area contributed by atoms with Crippen LogP contribution in [0.5, 0.6) is 5.75 Å². The lowest BCUT2D eigenvalue weighted by atomic mass is 10.0. The second-order valence-electron chi connectivity index (χ2n) is 7.33. The van der Waals surface area contributed by atoms with Crippen molar-refractivity contribution in [2.24, 2.45) is 4.99 Å². The first-order chi connectivity index (χ1) is 16.0. The number of halogens is 1. The van der Waals surface area contributed by atoms with Crippen LogP contribution in [0.3, 0.4) is 0 Å². The number of likely N-dealkylation sites (N-methyl/N-ethyl adjacent to an activating group) is 1. The molecule has 3 amide bonds. The molecule has 33 heavy (non-hydrogen) atoms. The van der Waals surface area contributed by atoms with E-state index in [2.05, 4.69) is 15.6 Å². The Labute approximate surface area is 197 Å². The third-order valence-electron chi connectivity index (χ3n) is 5.15. The molecule has 0 saturated heterocycles. The third-order valence-corrected chi connectivity index (χ3v) is 5.38. The molecule has 1 atom stereocenters. The molecule has 7 nitrogen and oxygen atoms in total. The van der Waals surface area contributed by atoms with E-state index in [9.17, 15) is 9.59 Å². The van der Waals surface area contributed by atoms with Gasteiger partial charge >= 0.3 is 6.03 Å². The maximum atomic E-state index is 13.2. The predicted molar refractivity (Wildman–Crippen MR) is 130 cm³/mol. The number of amides is 3. The molecule has 1 unspecified atom stereocenters. The first-order valence-electron chi connectivity index (χ1n) is 10.5. The number of hydrogen-bond acceptors (Lipinski definition) is 4. The van der Waals surface area contributed by atoms with Gasteiger partial charge in [-0.25, -0.2) is 9.79 Å². The second-order valence-corrected chi connectivity index (χ2v) is 7.77. The zero-order valence-electron chi connectivity index (χ0n) is 18.2. The minimum absolute atomic E-state index is 0.377. The Kier molecular flexibility index (Phi) is 6.60. The molecule has 0 fully saturated rings. The molecule has 8 heteroatoms. The summed E-state index contributed by atoms with van der Waals surface area (Å²) in [4.78, 5) is 32.2. The van der Waals surface area contributed by atoms with Gasteiger partial charge in [0.2, 0.25) is 6.17 Å². The summed E-state index contributed by atoms with van der Waals surface area (Å²) in [6.07, 6.45) is -1.14. The normalized spacial score (nSPS) is 15.2. The Hall–Kier alpha value is -3.84. The van der Waals surface area contributed by atoms with Crippen LogP contribution >= 0.6 is 11.6 Å². The standard InChI is InChI=1S/C25H23ClN4O3/c1-3-33-21-12-8-7-11-19(21)27-25(32)29-23-24(31)30(2)20-14-13-17(26)15-18(20)22(28-23)16-9-5-4-6-10-16/h4-15,23H,3H2,1-2H3,(H2,27,29,32). The number of nitrogens with one attached hydrogen (secondary N) is 2. The highest BCUT2D eigenvalue weighted by atomic mass is 35.5. The Morgan fingerprint density at radius 3 is 2.58 bits per heavy atom. The van der Waals surface area contributed by atoms with Crippen molar-refractivity contribution in [2.75, 3.05) is 23.9 Å². The van der Waals surface area contributed by atoms with Crippen molar-refractivity contribution in [1.29, 1.82) is 0 Å². The highest BCUT2D eigenvalue weighted by Gasteiger charge is 2.31. The van der Waals surface area contributed by atoms with E-state index in [1.807, 2.05) is 43.3 Å². The number of hydrogen-bond donors (Lipinski definition) is 2. The summed E-state index contributed by atoms with van der Waals surface area (Å²) in [5, 5.41) is 5.96. The number of benzene rings is 3. The summed E-state index contributed by atoms with van der Waals surface area (Å²) in [6.45, 7) is 2.32. The summed E-state index contributed by atoms with van der Waals surface area (Å²) in [6, 6.07) is 21.2. The van der Waals surface area contributed by atoms with Crippen LogP contribution in [0, 0.1) is 0 Å². The second kappa shape index (κ2) is 9.75. The minimum Gasteiger partial charge on any atom is -0.492 e. The summed E-state index contributed by atoms with van der Waals surface area (Å²) < 4.78 is 5.56. The maximum absolute atomic E-state index is 13.2. The van der Waals surface area contributed by atoms with Gasteiger partial charge in [0.05, 0.1) is 23.7 Å². The highest BCUT2D eigenvalue weighted by Crippen LogP contribution is 2.30. The molecule has 1 aliphatic rings. The molecular weight excluding hydrogens is 440 g/mol. The van der Waals surface area contributed by atoms with Gasteiger partial charge in [0, 0.05) is 23.2 Å². The number of ether oxygens (including phenoxy) is 1. The number of aliphatic imine (C=N–C) groups is 1. The van der Waals surface area contributed by atoms with E-state index < -0.39 is 12.2 Å². The van der Waals surface area contributed by atoms with Crippen molar-refractivity contribution < 1.29 is 14.3 Å². The molecular formula is C25H23ClN4O3. The molecule has 0 bridgehead atoms. The zero-order chi connectivity index (χ0) is 23.4. The largest absolute Gasteiger partial charge is 0.492 e. The lowest BCUT2D eigenvalue weighted by Crippen LogP contribution is -2.47. The van der Waals surface area contributed by atoms with E-state index in [-0.39, 0.29) is 5.91 Å². The van der Waals surface area contributed by atoms with Gasteiger partial charge in [0.15, 0.2) is 0 Å². The Bertz CT molecular complexity index is 1210. The Morgan fingerprint density at radius 2 is 1.82 bits per heavy atom. The quantitative estimate of drug-likeness (QED) is 0.576. The minimum atomic E-state index is -1.14. The van der Waals surface area contributed by atoms with Gasteiger partial charge in [0.25, 0.3) is 5.91 Å².